The summed E-state index contributed by atoms with van der Waals surface area (Å²) in [5.41, 5.74) is 0.895. The van der Waals surface area contributed by atoms with Gasteiger partial charge in [0.1, 0.15) is 4.92 Å². The molecular formula is C11H8ClNO5. The number of carbonyl (C=O) groups is 1. The highest BCUT2D eigenvalue weighted by molar-refractivity contribution is 6.32. The molecule has 0 saturated heterocycles. The van der Waals surface area contributed by atoms with E-state index < -0.39 is 23.1 Å². The molecule has 0 saturated carbocycles. The molecule has 1 heterocycles. The molecule has 1 aromatic rings. The first kappa shape index (κ1) is 12.4. The number of hydrogen-bond acceptors (Lipinski definition) is 5. The van der Waals surface area contributed by atoms with Gasteiger partial charge in [0.25, 0.3) is 6.29 Å². The van der Waals surface area contributed by atoms with E-state index in [1.54, 1.807) is 18.2 Å². The molecule has 1 atom stereocenters. The van der Waals surface area contributed by atoms with Crippen LogP contribution in [0.25, 0.3) is 6.08 Å². The fourth-order valence-electron chi connectivity index (χ4n) is 1.58. The van der Waals surface area contributed by atoms with E-state index in [9.17, 15) is 14.9 Å². The van der Waals surface area contributed by atoms with Crippen LogP contribution in [0.5, 0.6) is 0 Å². The molecule has 0 radical (unpaired) electrons. The number of carbonyl (C=O) groups excluding carboxylic acids is 1. The van der Waals surface area contributed by atoms with Crippen LogP contribution in [-0.4, -0.2) is 10.9 Å². The van der Waals surface area contributed by atoms with Crippen molar-refractivity contribution >= 4 is 23.6 Å². The minimum atomic E-state index is -1.15. The van der Waals surface area contributed by atoms with E-state index in [4.69, 9.17) is 21.1 Å². The van der Waals surface area contributed by atoms with Crippen LogP contribution in [0.1, 0.15) is 24.3 Å². The van der Waals surface area contributed by atoms with Gasteiger partial charge in [0.05, 0.1) is 6.08 Å². The lowest BCUT2D eigenvalue weighted by molar-refractivity contribution is -0.472. The van der Waals surface area contributed by atoms with Crippen molar-refractivity contribution in [1.29, 1.82) is 0 Å². The summed E-state index contributed by atoms with van der Waals surface area (Å²) in [6, 6.07) is 4.86. The fraction of sp³-hybridized carbons (Fsp3) is 0.182. The Hall–Kier alpha value is -2.08. The third-order valence-corrected chi connectivity index (χ3v) is 2.62. The first-order chi connectivity index (χ1) is 8.49. The zero-order valence-corrected chi connectivity index (χ0v) is 10.0. The van der Waals surface area contributed by atoms with Crippen LogP contribution in [0.2, 0.25) is 5.02 Å². The number of fused-ring (bicyclic) bond motifs is 1. The van der Waals surface area contributed by atoms with Gasteiger partial charge in [-0.15, -0.1) is 0 Å². The predicted octanol–water partition coefficient (Wildman–Crippen LogP) is 2.51. The van der Waals surface area contributed by atoms with Gasteiger partial charge in [0.2, 0.25) is 0 Å². The van der Waals surface area contributed by atoms with Crippen LogP contribution in [0, 0.1) is 10.1 Å². The molecule has 2 rings (SSSR count). The first-order valence-electron chi connectivity index (χ1n) is 4.97. The van der Waals surface area contributed by atoms with Crippen molar-refractivity contribution < 1.29 is 19.2 Å². The molecule has 1 aromatic carbocycles. The topological polar surface area (TPSA) is 78.7 Å². The van der Waals surface area contributed by atoms with Crippen molar-refractivity contribution in [3.05, 3.63) is 50.3 Å². The van der Waals surface area contributed by atoms with Crippen LogP contribution in [0.3, 0.4) is 0 Å². The van der Waals surface area contributed by atoms with Crippen LogP contribution in [0.4, 0.5) is 0 Å². The van der Waals surface area contributed by atoms with Crippen molar-refractivity contribution in [2.24, 2.45) is 0 Å². The van der Waals surface area contributed by atoms with Crippen LogP contribution in [0.15, 0.2) is 24.1 Å². The summed E-state index contributed by atoms with van der Waals surface area (Å²) < 4.78 is 9.89. The predicted molar refractivity (Wildman–Crippen MR) is 62.0 cm³/mol. The highest BCUT2D eigenvalue weighted by Gasteiger charge is 2.31. The van der Waals surface area contributed by atoms with Crippen LogP contribution < -0.4 is 0 Å². The minimum absolute atomic E-state index is 0.326. The monoisotopic (exact) mass is 269 g/mol. The Kier molecular flexibility index (Phi) is 3.20. The van der Waals surface area contributed by atoms with Gasteiger partial charge in [-0.05, 0) is 6.07 Å². The zero-order chi connectivity index (χ0) is 13.3. The molecule has 94 valence electrons. The van der Waals surface area contributed by atoms with Gasteiger partial charge in [0.15, 0.2) is 0 Å². The van der Waals surface area contributed by atoms with E-state index in [-0.39, 0.29) is 0 Å². The maximum Gasteiger partial charge on any atom is 0.432 e. The third kappa shape index (κ3) is 2.28. The molecule has 0 N–H and O–H groups in total. The van der Waals surface area contributed by atoms with E-state index in [1.807, 2.05) is 0 Å². The molecule has 0 amide bonds. The summed E-state index contributed by atoms with van der Waals surface area (Å²) in [6.07, 6.45) is 0.0547. The van der Waals surface area contributed by atoms with Crippen molar-refractivity contribution in [3.63, 3.8) is 0 Å². The Labute approximate surface area is 107 Å². The summed E-state index contributed by atoms with van der Waals surface area (Å²) in [6.45, 7) is 1.19. The van der Waals surface area contributed by atoms with Gasteiger partial charge >= 0.3 is 11.9 Å². The smallest absolute Gasteiger partial charge is 0.421 e. The number of esters is 1. The number of benzene rings is 1. The normalized spacial score (nSPS) is 17.2. The second-order valence-corrected chi connectivity index (χ2v) is 3.95. The average molecular weight is 270 g/mol. The lowest BCUT2D eigenvalue weighted by Gasteiger charge is -2.22. The fourth-order valence-corrected chi connectivity index (χ4v) is 1.81. The SMILES string of the molecule is CC(=O)O[C@H]1OC([N+](=O)[O-])=Cc2c(Cl)cccc21. The van der Waals surface area contributed by atoms with Crippen molar-refractivity contribution in [3.8, 4) is 0 Å². The maximum absolute atomic E-state index is 11.0. The number of ether oxygens (including phenoxy) is 2. The van der Waals surface area contributed by atoms with Gasteiger partial charge in [-0.1, -0.05) is 23.7 Å². The van der Waals surface area contributed by atoms with Crippen molar-refractivity contribution in [1.82, 2.24) is 0 Å². The summed E-state index contributed by atoms with van der Waals surface area (Å²) in [5, 5.41) is 11.1. The highest BCUT2D eigenvalue weighted by atomic mass is 35.5. The summed E-state index contributed by atoms with van der Waals surface area (Å²) >= 11 is 5.95. The first-order valence-corrected chi connectivity index (χ1v) is 5.35. The van der Waals surface area contributed by atoms with Crippen molar-refractivity contribution in [2.75, 3.05) is 0 Å². The van der Waals surface area contributed by atoms with Crippen LogP contribution in [-0.2, 0) is 14.3 Å². The highest BCUT2D eigenvalue weighted by Crippen LogP contribution is 2.35. The Morgan fingerprint density at radius 1 is 1.56 bits per heavy atom. The third-order valence-electron chi connectivity index (χ3n) is 2.29. The Balaban J connectivity index is 2.50. The maximum atomic E-state index is 11.0. The van der Waals surface area contributed by atoms with Gasteiger partial charge in [-0.25, -0.2) is 0 Å². The Morgan fingerprint density at radius 2 is 2.28 bits per heavy atom. The molecular weight excluding hydrogens is 262 g/mol. The molecule has 0 aliphatic carbocycles. The quantitative estimate of drug-likeness (QED) is 0.468. The van der Waals surface area contributed by atoms with E-state index in [2.05, 4.69) is 0 Å². The molecule has 6 nitrogen and oxygen atoms in total. The lowest BCUT2D eigenvalue weighted by atomic mass is 10.1. The largest absolute Gasteiger partial charge is 0.432 e. The average Bonchev–Trinajstić information content (AvgIpc) is 2.29. The number of nitro groups is 1. The Bertz CT molecular complexity index is 554. The number of nitrogens with zero attached hydrogens (tertiary/aromatic N) is 1. The molecule has 7 heteroatoms. The Morgan fingerprint density at radius 3 is 2.89 bits per heavy atom. The minimum Gasteiger partial charge on any atom is -0.421 e. The number of halogens is 1. The molecule has 0 bridgehead atoms. The van der Waals surface area contributed by atoms with Gasteiger partial charge in [-0.2, -0.15) is 0 Å². The van der Waals surface area contributed by atoms with E-state index in [1.165, 1.54) is 13.0 Å². The molecule has 0 unspecified atom stereocenters. The molecule has 0 spiro atoms. The molecule has 1 aliphatic rings. The lowest BCUT2D eigenvalue weighted by Crippen LogP contribution is -2.19. The van der Waals surface area contributed by atoms with E-state index >= 15 is 0 Å². The van der Waals surface area contributed by atoms with Gasteiger partial charge in [-0.3, -0.25) is 14.9 Å². The standard InChI is InChI=1S/C11H8ClNO5/c1-6(14)17-11-7-3-2-4-9(12)8(7)5-10(18-11)13(15)16/h2-5,11H,1H3/t11-/m0/s1. The summed E-state index contributed by atoms with van der Waals surface area (Å²) in [5.74, 6) is -1.11. The van der Waals surface area contributed by atoms with E-state index in [0.29, 0.717) is 16.1 Å². The van der Waals surface area contributed by atoms with Gasteiger partial charge < -0.3 is 9.47 Å². The number of rotatable bonds is 2. The van der Waals surface area contributed by atoms with Gasteiger partial charge in [0, 0.05) is 23.1 Å². The molecule has 1 aliphatic heterocycles. The van der Waals surface area contributed by atoms with Crippen LogP contribution >= 0.6 is 11.6 Å². The van der Waals surface area contributed by atoms with Crippen molar-refractivity contribution in [2.45, 2.75) is 13.2 Å². The molecule has 0 aromatic heterocycles. The zero-order valence-electron chi connectivity index (χ0n) is 9.25. The summed E-state index contributed by atoms with van der Waals surface area (Å²) in [7, 11) is 0. The molecule has 18 heavy (non-hydrogen) atoms. The summed E-state index contributed by atoms with van der Waals surface area (Å²) in [4.78, 5) is 21.0. The second-order valence-electron chi connectivity index (χ2n) is 3.54. The van der Waals surface area contributed by atoms with E-state index in [0.717, 1.165) is 0 Å². The molecule has 0 fully saturated rings. The number of hydrogen-bond donors (Lipinski definition) is 0. The second kappa shape index (κ2) is 4.66.